The number of fused-ring (bicyclic) bond motifs is 1. The third-order valence-electron chi connectivity index (χ3n) is 3.21. The summed E-state index contributed by atoms with van der Waals surface area (Å²) in [4.78, 5) is 33.9. The molecule has 9 nitrogen and oxygen atoms in total. The van der Waals surface area contributed by atoms with E-state index in [0.717, 1.165) is 4.31 Å². The van der Waals surface area contributed by atoms with E-state index in [1.165, 1.54) is 6.92 Å². The van der Waals surface area contributed by atoms with Crippen molar-refractivity contribution in [2.75, 3.05) is 19.7 Å². The number of amides is 1. The van der Waals surface area contributed by atoms with Crippen LogP contribution in [0.15, 0.2) is 0 Å². The molecule has 0 spiro atoms. The molecule has 0 aromatic heterocycles. The summed E-state index contributed by atoms with van der Waals surface area (Å²) in [5.41, 5.74) is 0. The van der Waals surface area contributed by atoms with Crippen molar-refractivity contribution in [1.29, 1.82) is 0 Å². The molecule has 2 atom stereocenters. The molecule has 1 N–H and O–H groups in total. The summed E-state index contributed by atoms with van der Waals surface area (Å²) in [6, 6.07) is 0. The molecular weight excluding hydrogens is 292 g/mol. The van der Waals surface area contributed by atoms with Crippen molar-refractivity contribution in [2.24, 2.45) is 11.8 Å². The van der Waals surface area contributed by atoms with E-state index in [1.54, 1.807) is 4.72 Å². The van der Waals surface area contributed by atoms with Crippen LogP contribution < -0.4 is 4.72 Å². The van der Waals surface area contributed by atoms with Crippen LogP contribution in [0.4, 0.5) is 4.79 Å². The fraction of sp³-hybridized carbons (Fsp3) is 0.700. The highest BCUT2D eigenvalue weighted by atomic mass is 32.2. The van der Waals surface area contributed by atoms with E-state index in [2.05, 4.69) is 9.47 Å². The Morgan fingerprint density at radius 1 is 1.40 bits per heavy atom. The van der Waals surface area contributed by atoms with Crippen LogP contribution in [0.5, 0.6) is 0 Å². The Balaban J connectivity index is 2.06. The number of piperidine rings is 1. The third kappa shape index (κ3) is 2.75. The van der Waals surface area contributed by atoms with Crippen LogP contribution in [0.2, 0.25) is 0 Å². The van der Waals surface area contributed by atoms with Gasteiger partial charge in [-0.1, -0.05) is 0 Å². The molecule has 0 radical (unpaired) electrons. The summed E-state index contributed by atoms with van der Waals surface area (Å²) in [6.07, 6.45) is -0.904. The summed E-state index contributed by atoms with van der Waals surface area (Å²) in [7, 11) is -4.09. The first-order valence-corrected chi connectivity index (χ1v) is 7.49. The minimum absolute atomic E-state index is 0.0261. The molecule has 2 fully saturated rings. The Morgan fingerprint density at radius 2 is 2.05 bits per heavy atom. The molecule has 2 heterocycles. The molecule has 0 saturated carbocycles. The molecule has 2 unspecified atom stereocenters. The van der Waals surface area contributed by atoms with Gasteiger partial charge in [-0.25, -0.2) is 9.52 Å². The second-order valence-corrected chi connectivity index (χ2v) is 6.10. The van der Waals surface area contributed by atoms with Gasteiger partial charge in [0, 0.05) is 13.1 Å². The normalized spacial score (nSPS) is 26.9. The van der Waals surface area contributed by atoms with Gasteiger partial charge in [0.05, 0.1) is 18.4 Å². The van der Waals surface area contributed by atoms with Crippen LogP contribution in [0.1, 0.15) is 13.3 Å². The maximum Gasteiger partial charge on any atom is 0.421 e. The predicted octanol–water partition coefficient (Wildman–Crippen LogP) is -1.00. The lowest BCUT2D eigenvalue weighted by molar-refractivity contribution is -0.153. The lowest BCUT2D eigenvalue weighted by Crippen LogP contribution is -2.50. The lowest BCUT2D eigenvalue weighted by atomic mass is 9.89. The molecule has 2 rings (SSSR count). The van der Waals surface area contributed by atoms with Gasteiger partial charge in [-0.05, 0) is 13.3 Å². The van der Waals surface area contributed by atoms with E-state index in [1.807, 2.05) is 0 Å². The number of esters is 2. The number of hydrogen-bond donors (Lipinski definition) is 1. The monoisotopic (exact) mass is 306 g/mol. The van der Waals surface area contributed by atoms with Crippen molar-refractivity contribution in [2.45, 2.75) is 13.3 Å². The van der Waals surface area contributed by atoms with Gasteiger partial charge < -0.3 is 9.47 Å². The molecule has 2 aliphatic heterocycles. The topological polar surface area (TPSA) is 119 Å². The Morgan fingerprint density at radius 3 is 2.70 bits per heavy atom. The smallest absolute Gasteiger partial charge is 0.421 e. The molecule has 20 heavy (non-hydrogen) atoms. The molecule has 0 bridgehead atoms. The van der Waals surface area contributed by atoms with Gasteiger partial charge in [0.25, 0.3) is 0 Å². The number of ether oxygens (including phenoxy) is 2. The highest BCUT2D eigenvalue weighted by molar-refractivity contribution is 7.87. The highest BCUT2D eigenvalue weighted by Gasteiger charge is 2.49. The molecule has 0 aromatic carbocycles. The first-order valence-electron chi connectivity index (χ1n) is 6.05. The Bertz CT molecular complexity index is 544. The number of nitrogens with zero attached hydrogens (tertiary/aromatic N) is 1. The van der Waals surface area contributed by atoms with Crippen LogP contribution in [0, 0.1) is 11.8 Å². The van der Waals surface area contributed by atoms with Gasteiger partial charge in [0.2, 0.25) is 0 Å². The molecule has 2 aliphatic rings. The van der Waals surface area contributed by atoms with E-state index in [4.69, 9.17) is 0 Å². The van der Waals surface area contributed by atoms with Crippen LogP contribution in [0.3, 0.4) is 0 Å². The van der Waals surface area contributed by atoms with E-state index < -0.39 is 40.1 Å². The zero-order valence-corrected chi connectivity index (χ0v) is 11.5. The van der Waals surface area contributed by atoms with Crippen LogP contribution >= 0.6 is 0 Å². The zero-order chi connectivity index (χ0) is 14.9. The molecule has 10 heteroatoms. The Kier molecular flexibility index (Phi) is 3.95. The third-order valence-corrected chi connectivity index (χ3v) is 4.65. The first kappa shape index (κ1) is 14.7. The predicted molar refractivity (Wildman–Crippen MR) is 63.3 cm³/mol. The highest BCUT2D eigenvalue weighted by Crippen LogP contribution is 2.32. The number of rotatable bonds is 3. The lowest BCUT2D eigenvalue weighted by Gasteiger charge is -2.30. The summed E-state index contributed by atoms with van der Waals surface area (Å²) in [5, 5.41) is 0. The van der Waals surface area contributed by atoms with Gasteiger partial charge >= 0.3 is 28.2 Å². The minimum Gasteiger partial charge on any atom is -0.449 e. The van der Waals surface area contributed by atoms with Crippen molar-refractivity contribution in [1.82, 2.24) is 9.03 Å². The molecule has 112 valence electrons. The first-order chi connectivity index (χ1) is 9.35. The average molecular weight is 306 g/mol. The second-order valence-electron chi connectivity index (χ2n) is 4.43. The maximum atomic E-state index is 11.9. The molecule has 0 aromatic rings. The van der Waals surface area contributed by atoms with Gasteiger partial charge in [0.1, 0.15) is 0 Å². The summed E-state index contributed by atoms with van der Waals surface area (Å²) in [5.74, 6) is -2.75. The Hall–Kier alpha value is -1.68. The number of carbonyl (C=O) groups is 3. The fourth-order valence-corrected chi connectivity index (χ4v) is 3.34. The van der Waals surface area contributed by atoms with Gasteiger partial charge in [0.15, 0.2) is 0 Å². The van der Waals surface area contributed by atoms with E-state index in [9.17, 15) is 22.8 Å². The molecule has 1 amide bonds. The second kappa shape index (κ2) is 5.37. The Labute approximate surface area is 115 Å². The van der Waals surface area contributed by atoms with Crippen LogP contribution in [0.25, 0.3) is 0 Å². The quantitative estimate of drug-likeness (QED) is 0.524. The average Bonchev–Trinajstić information content (AvgIpc) is 2.64. The number of carbonyl (C=O) groups excluding carboxylic acids is 3. The van der Waals surface area contributed by atoms with E-state index in [0.29, 0.717) is 0 Å². The molecule has 0 aliphatic carbocycles. The SMILES string of the molecule is CCOC(=O)NS(=O)(=O)N1CCC2C(=O)OC(=O)C2C1. The van der Waals surface area contributed by atoms with E-state index >= 15 is 0 Å². The number of cyclic esters (lactones) is 2. The standard InChI is InChI=1S/C10H14N2O7S/c1-2-18-10(15)11-20(16,17)12-4-3-6-7(5-12)9(14)19-8(6)13/h6-7H,2-5H2,1H3,(H,11,15). The molecule has 2 saturated heterocycles. The van der Waals surface area contributed by atoms with Crippen molar-refractivity contribution in [3.63, 3.8) is 0 Å². The summed E-state index contributed by atoms with van der Waals surface area (Å²) in [6.45, 7) is 1.41. The van der Waals surface area contributed by atoms with Gasteiger partial charge in [-0.3, -0.25) is 9.59 Å². The zero-order valence-electron chi connectivity index (χ0n) is 10.7. The minimum atomic E-state index is -4.09. The number of hydrogen-bond acceptors (Lipinski definition) is 7. The van der Waals surface area contributed by atoms with Crippen LogP contribution in [-0.4, -0.2) is 50.5 Å². The van der Waals surface area contributed by atoms with Crippen molar-refractivity contribution < 1.29 is 32.3 Å². The summed E-state index contributed by atoms with van der Waals surface area (Å²) >= 11 is 0. The maximum absolute atomic E-state index is 11.9. The fourth-order valence-electron chi connectivity index (χ4n) is 2.24. The summed E-state index contributed by atoms with van der Waals surface area (Å²) < 4.78 is 35.5. The van der Waals surface area contributed by atoms with Crippen molar-refractivity contribution >= 4 is 28.2 Å². The van der Waals surface area contributed by atoms with Crippen molar-refractivity contribution in [3.05, 3.63) is 0 Å². The van der Waals surface area contributed by atoms with E-state index in [-0.39, 0.29) is 26.1 Å². The van der Waals surface area contributed by atoms with Gasteiger partial charge in [-0.15, -0.1) is 0 Å². The van der Waals surface area contributed by atoms with Crippen LogP contribution in [-0.2, 0) is 29.3 Å². The van der Waals surface area contributed by atoms with Crippen molar-refractivity contribution in [3.8, 4) is 0 Å². The molecular formula is C10H14N2O7S. The number of nitrogens with one attached hydrogen (secondary N) is 1. The largest absolute Gasteiger partial charge is 0.449 e. The van der Waals surface area contributed by atoms with Gasteiger partial charge in [-0.2, -0.15) is 12.7 Å².